The first-order valence-corrected chi connectivity index (χ1v) is 5.57. The Kier molecular flexibility index (Phi) is 2.15. The number of nitrogens with two attached hydrogens (primary N) is 1. The maximum Gasteiger partial charge on any atom is 0.0527 e. The normalized spacial score (nSPS) is 11.3. The van der Waals surface area contributed by atoms with E-state index in [1.54, 1.807) is 0 Å². The molecule has 2 heteroatoms. The number of nitrogens with zero attached hydrogens (tertiary/aromatic N) is 1. The molecule has 2 heterocycles. The average molecular weight is 210 g/mol. The van der Waals surface area contributed by atoms with Crippen molar-refractivity contribution in [2.75, 3.05) is 6.54 Å². The van der Waals surface area contributed by atoms with Crippen molar-refractivity contribution >= 4 is 16.4 Å². The monoisotopic (exact) mass is 210 g/mol. The Morgan fingerprint density at radius 2 is 1.94 bits per heavy atom. The molecule has 3 rings (SSSR count). The van der Waals surface area contributed by atoms with E-state index in [4.69, 9.17) is 5.73 Å². The molecule has 1 aromatic carbocycles. The minimum atomic E-state index is 0.703. The van der Waals surface area contributed by atoms with E-state index in [1.165, 1.54) is 22.0 Å². The molecule has 2 N–H and O–H groups in total. The number of benzene rings is 1. The van der Waals surface area contributed by atoms with Crippen LogP contribution in [-0.4, -0.2) is 10.9 Å². The molecule has 0 atom stereocenters. The molecule has 0 aliphatic carbocycles. The maximum atomic E-state index is 5.59. The number of aromatic nitrogens is 1. The van der Waals surface area contributed by atoms with E-state index in [0.29, 0.717) is 6.54 Å². The van der Waals surface area contributed by atoms with Crippen molar-refractivity contribution in [1.82, 2.24) is 4.40 Å². The molecule has 2 aromatic heterocycles. The van der Waals surface area contributed by atoms with Gasteiger partial charge in [0.1, 0.15) is 0 Å². The third-order valence-corrected chi connectivity index (χ3v) is 2.97. The van der Waals surface area contributed by atoms with Crippen molar-refractivity contribution in [1.29, 1.82) is 0 Å². The molecular formula is C14H14N2. The van der Waals surface area contributed by atoms with E-state index in [0.717, 1.165) is 6.42 Å². The molecule has 0 radical (unpaired) electrons. The van der Waals surface area contributed by atoms with Crippen LogP contribution in [0.15, 0.2) is 48.7 Å². The maximum absolute atomic E-state index is 5.59. The highest BCUT2D eigenvalue weighted by Gasteiger charge is 2.01. The summed E-state index contributed by atoms with van der Waals surface area (Å²) in [6.07, 6.45) is 3.13. The van der Waals surface area contributed by atoms with E-state index in [1.807, 2.05) is 0 Å². The van der Waals surface area contributed by atoms with Crippen LogP contribution >= 0.6 is 0 Å². The molecule has 0 fully saturated rings. The molecule has 0 saturated heterocycles. The summed E-state index contributed by atoms with van der Waals surface area (Å²) in [6, 6.07) is 15.0. The number of rotatable bonds is 2. The molecule has 0 unspecified atom stereocenters. The quantitative estimate of drug-likeness (QED) is 0.692. The Labute approximate surface area is 94.3 Å². The molecule has 80 valence electrons. The number of para-hydroxylation sites is 1. The molecule has 0 aliphatic heterocycles. The summed E-state index contributed by atoms with van der Waals surface area (Å²) in [6.45, 7) is 0.703. The van der Waals surface area contributed by atoms with E-state index in [-0.39, 0.29) is 0 Å². The van der Waals surface area contributed by atoms with Gasteiger partial charge in [-0.2, -0.15) is 0 Å². The van der Waals surface area contributed by atoms with Crippen LogP contribution in [0.4, 0.5) is 0 Å². The van der Waals surface area contributed by atoms with Crippen LogP contribution in [0, 0.1) is 0 Å². The second-order valence-electron chi connectivity index (χ2n) is 4.07. The first kappa shape index (κ1) is 9.43. The summed E-state index contributed by atoms with van der Waals surface area (Å²) in [5, 5.41) is 1.27. The Balaban J connectivity index is 2.32. The Hall–Kier alpha value is -1.80. The minimum absolute atomic E-state index is 0.703. The molecular weight excluding hydrogens is 196 g/mol. The highest BCUT2D eigenvalue weighted by molar-refractivity contribution is 5.82. The summed E-state index contributed by atoms with van der Waals surface area (Å²) in [5.41, 5.74) is 9.38. The van der Waals surface area contributed by atoms with Crippen LogP contribution in [-0.2, 0) is 6.42 Å². The van der Waals surface area contributed by atoms with Gasteiger partial charge in [-0.1, -0.05) is 24.3 Å². The summed E-state index contributed by atoms with van der Waals surface area (Å²) in [7, 11) is 0. The average Bonchev–Trinajstić information content (AvgIpc) is 2.72. The predicted octanol–water partition coefficient (Wildman–Crippen LogP) is 2.59. The van der Waals surface area contributed by atoms with Gasteiger partial charge in [-0.05, 0) is 42.1 Å². The van der Waals surface area contributed by atoms with Gasteiger partial charge >= 0.3 is 0 Å². The van der Waals surface area contributed by atoms with Crippen LogP contribution in [0.5, 0.6) is 0 Å². The van der Waals surface area contributed by atoms with Crippen LogP contribution < -0.4 is 5.73 Å². The third kappa shape index (κ3) is 1.39. The summed E-state index contributed by atoms with van der Waals surface area (Å²) >= 11 is 0. The van der Waals surface area contributed by atoms with Crippen molar-refractivity contribution in [3.05, 3.63) is 54.2 Å². The number of hydrogen-bond acceptors (Lipinski definition) is 1. The lowest BCUT2D eigenvalue weighted by molar-refractivity contribution is 0.968. The van der Waals surface area contributed by atoms with Crippen molar-refractivity contribution < 1.29 is 0 Å². The molecule has 2 nitrogen and oxygen atoms in total. The minimum Gasteiger partial charge on any atom is -0.330 e. The summed E-state index contributed by atoms with van der Waals surface area (Å²) < 4.78 is 2.24. The molecule has 3 aromatic rings. The van der Waals surface area contributed by atoms with Crippen LogP contribution in [0.25, 0.3) is 16.4 Å². The fourth-order valence-electron chi connectivity index (χ4n) is 2.20. The molecule has 0 aliphatic rings. The smallest absolute Gasteiger partial charge is 0.0527 e. The van der Waals surface area contributed by atoms with Crippen molar-refractivity contribution in [3.63, 3.8) is 0 Å². The predicted molar refractivity (Wildman–Crippen MR) is 67.7 cm³/mol. The van der Waals surface area contributed by atoms with Gasteiger partial charge in [0.05, 0.1) is 5.52 Å². The van der Waals surface area contributed by atoms with E-state index >= 15 is 0 Å². The van der Waals surface area contributed by atoms with E-state index in [2.05, 4.69) is 53.1 Å². The number of hydrogen-bond donors (Lipinski definition) is 1. The van der Waals surface area contributed by atoms with Crippen molar-refractivity contribution in [2.45, 2.75) is 6.42 Å². The lowest BCUT2D eigenvalue weighted by Gasteiger charge is -2.01. The number of fused-ring (bicyclic) bond motifs is 3. The SMILES string of the molecule is NCCc1cc2ccc3ccccc3n2c1. The van der Waals surface area contributed by atoms with Crippen molar-refractivity contribution in [2.24, 2.45) is 5.73 Å². The van der Waals surface area contributed by atoms with Gasteiger partial charge in [-0.25, -0.2) is 0 Å². The zero-order valence-corrected chi connectivity index (χ0v) is 9.06. The Bertz CT molecular complexity index is 637. The molecule has 0 spiro atoms. The van der Waals surface area contributed by atoms with Gasteiger partial charge in [0.2, 0.25) is 0 Å². The first-order chi connectivity index (χ1) is 7.88. The summed E-state index contributed by atoms with van der Waals surface area (Å²) in [5.74, 6) is 0. The lowest BCUT2D eigenvalue weighted by Crippen LogP contribution is -2.01. The molecule has 0 bridgehead atoms. The Morgan fingerprint density at radius 1 is 1.06 bits per heavy atom. The largest absolute Gasteiger partial charge is 0.330 e. The third-order valence-electron chi connectivity index (χ3n) is 2.97. The highest BCUT2D eigenvalue weighted by Crippen LogP contribution is 2.19. The van der Waals surface area contributed by atoms with Gasteiger partial charge in [-0.3, -0.25) is 0 Å². The lowest BCUT2D eigenvalue weighted by atomic mass is 10.2. The Morgan fingerprint density at radius 3 is 2.81 bits per heavy atom. The zero-order chi connectivity index (χ0) is 11.0. The van der Waals surface area contributed by atoms with Crippen LogP contribution in [0.1, 0.15) is 5.56 Å². The topological polar surface area (TPSA) is 30.4 Å². The van der Waals surface area contributed by atoms with Gasteiger partial charge < -0.3 is 10.1 Å². The highest BCUT2D eigenvalue weighted by atomic mass is 14.9. The van der Waals surface area contributed by atoms with Crippen LogP contribution in [0.3, 0.4) is 0 Å². The first-order valence-electron chi connectivity index (χ1n) is 5.57. The van der Waals surface area contributed by atoms with Crippen molar-refractivity contribution in [3.8, 4) is 0 Å². The fourth-order valence-corrected chi connectivity index (χ4v) is 2.20. The zero-order valence-electron chi connectivity index (χ0n) is 9.06. The second kappa shape index (κ2) is 3.65. The van der Waals surface area contributed by atoms with Crippen LogP contribution in [0.2, 0.25) is 0 Å². The second-order valence-corrected chi connectivity index (χ2v) is 4.07. The summed E-state index contributed by atoms with van der Waals surface area (Å²) in [4.78, 5) is 0. The molecule has 0 amide bonds. The van der Waals surface area contributed by atoms with E-state index < -0.39 is 0 Å². The standard InChI is InChI=1S/C14H14N2/c15-8-7-11-9-13-6-5-12-3-1-2-4-14(12)16(13)10-11/h1-6,9-10H,7-8,15H2. The van der Waals surface area contributed by atoms with Gasteiger partial charge in [0, 0.05) is 11.7 Å². The molecule has 0 saturated carbocycles. The van der Waals surface area contributed by atoms with E-state index in [9.17, 15) is 0 Å². The van der Waals surface area contributed by atoms with Gasteiger partial charge in [-0.15, -0.1) is 0 Å². The fraction of sp³-hybridized carbons (Fsp3) is 0.143. The van der Waals surface area contributed by atoms with Gasteiger partial charge in [0.15, 0.2) is 0 Å². The molecule has 16 heavy (non-hydrogen) atoms. The van der Waals surface area contributed by atoms with Gasteiger partial charge in [0.25, 0.3) is 0 Å². The number of pyridine rings is 1.